The van der Waals surface area contributed by atoms with Gasteiger partial charge >= 0.3 is 5.97 Å². The van der Waals surface area contributed by atoms with Gasteiger partial charge in [0.25, 0.3) is 5.91 Å². The highest BCUT2D eigenvalue weighted by molar-refractivity contribution is 9.10. The number of hydrogen-bond donors (Lipinski definition) is 1. The first-order valence-corrected chi connectivity index (χ1v) is 7.02. The average molecular weight is 334 g/mol. The number of aliphatic carboxylic acids is 1. The molecule has 0 unspecified atom stereocenters. The molecular formula is C11H9BrFNO3S. The van der Waals surface area contributed by atoms with Crippen molar-refractivity contribution in [1.82, 2.24) is 4.90 Å². The number of benzene rings is 1. The summed E-state index contributed by atoms with van der Waals surface area (Å²) in [7, 11) is 0. The third-order valence-electron chi connectivity index (χ3n) is 2.59. The Kier molecular flexibility index (Phi) is 3.91. The first kappa shape index (κ1) is 13.4. The summed E-state index contributed by atoms with van der Waals surface area (Å²) in [5, 5.41) is 8.99. The Balaban J connectivity index is 2.25. The van der Waals surface area contributed by atoms with Crippen LogP contribution in [0.1, 0.15) is 10.4 Å². The van der Waals surface area contributed by atoms with E-state index in [4.69, 9.17) is 5.11 Å². The fourth-order valence-corrected chi connectivity index (χ4v) is 3.03. The highest BCUT2D eigenvalue weighted by Crippen LogP contribution is 2.24. The molecule has 0 radical (unpaired) electrons. The van der Waals surface area contributed by atoms with Crippen LogP contribution in [0, 0.1) is 5.82 Å². The molecule has 0 saturated carbocycles. The Morgan fingerprint density at radius 1 is 1.50 bits per heavy atom. The van der Waals surface area contributed by atoms with E-state index >= 15 is 0 Å². The molecule has 1 amide bonds. The number of amides is 1. The van der Waals surface area contributed by atoms with Crippen LogP contribution in [0.5, 0.6) is 0 Å². The van der Waals surface area contributed by atoms with Gasteiger partial charge < -0.3 is 10.0 Å². The molecule has 96 valence electrons. The lowest BCUT2D eigenvalue weighted by Gasteiger charge is -2.20. The molecule has 1 heterocycles. The summed E-state index contributed by atoms with van der Waals surface area (Å²) in [6.45, 7) is 0. The van der Waals surface area contributed by atoms with Crippen LogP contribution in [0.4, 0.5) is 4.39 Å². The monoisotopic (exact) mass is 333 g/mol. The van der Waals surface area contributed by atoms with Gasteiger partial charge in [-0.15, -0.1) is 11.8 Å². The number of nitrogens with zero attached hydrogens (tertiary/aromatic N) is 1. The van der Waals surface area contributed by atoms with Crippen molar-refractivity contribution in [2.75, 3.05) is 11.6 Å². The zero-order chi connectivity index (χ0) is 13.3. The Bertz CT molecular complexity index is 511. The van der Waals surface area contributed by atoms with Crippen LogP contribution in [0.3, 0.4) is 0 Å². The van der Waals surface area contributed by atoms with Crippen molar-refractivity contribution in [3.05, 3.63) is 34.1 Å². The second-order valence-corrected chi connectivity index (χ2v) is 5.61. The van der Waals surface area contributed by atoms with Crippen LogP contribution in [-0.2, 0) is 4.79 Å². The van der Waals surface area contributed by atoms with E-state index in [2.05, 4.69) is 15.9 Å². The third kappa shape index (κ3) is 2.51. The largest absolute Gasteiger partial charge is 0.480 e. The van der Waals surface area contributed by atoms with Gasteiger partial charge in [0.05, 0.1) is 10.3 Å². The summed E-state index contributed by atoms with van der Waals surface area (Å²) in [6.07, 6.45) is 0. The van der Waals surface area contributed by atoms with Crippen molar-refractivity contribution in [3.8, 4) is 0 Å². The Morgan fingerprint density at radius 3 is 2.83 bits per heavy atom. The van der Waals surface area contributed by atoms with Gasteiger partial charge in [-0.3, -0.25) is 4.79 Å². The lowest BCUT2D eigenvalue weighted by atomic mass is 10.1. The Labute approximate surface area is 115 Å². The highest BCUT2D eigenvalue weighted by Gasteiger charge is 2.35. The predicted molar refractivity (Wildman–Crippen MR) is 69.0 cm³/mol. The normalized spacial score (nSPS) is 19.0. The zero-order valence-electron chi connectivity index (χ0n) is 9.10. The zero-order valence-corrected chi connectivity index (χ0v) is 11.5. The average Bonchev–Trinajstić information content (AvgIpc) is 2.81. The van der Waals surface area contributed by atoms with Crippen molar-refractivity contribution >= 4 is 39.6 Å². The molecule has 1 saturated heterocycles. The van der Waals surface area contributed by atoms with Gasteiger partial charge in [0, 0.05) is 11.3 Å². The molecule has 7 heteroatoms. The van der Waals surface area contributed by atoms with Crippen molar-refractivity contribution in [1.29, 1.82) is 0 Å². The molecule has 1 N–H and O–H groups in total. The van der Waals surface area contributed by atoms with E-state index in [1.165, 1.54) is 28.8 Å². The summed E-state index contributed by atoms with van der Waals surface area (Å²) >= 11 is 4.37. The van der Waals surface area contributed by atoms with Crippen molar-refractivity contribution in [2.45, 2.75) is 6.04 Å². The van der Waals surface area contributed by atoms with Gasteiger partial charge in [0.2, 0.25) is 0 Å². The van der Waals surface area contributed by atoms with Crippen LogP contribution >= 0.6 is 27.7 Å². The van der Waals surface area contributed by atoms with E-state index in [0.29, 0.717) is 11.6 Å². The molecular weight excluding hydrogens is 325 g/mol. The maximum Gasteiger partial charge on any atom is 0.327 e. The van der Waals surface area contributed by atoms with E-state index in [1.807, 2.05) is 0 Å². The van der Waals surface area contributed by atoms with Crippen molar-refractivity contribution in [2.24, 2.45) is 0 Å². The van der Waals surface area contributed by atoms with Crippen LogP contribution in [-0.4, -0.2) is 39.6 Å². The summed E-state index contributed by atoms with van der Waals surface area (Å²) < 4.78 is 13.6. The van der Waals surface area contributed by atoms with Crippen LogP contribution < -0.4 is 0 Å². The van der Waals surface area contributed by atoms with E-state index in [1.54, 1.807) is 0 Å². The van der Waals surface area contributed by atoms with E-state index in [-0.39, 0.29) is 10.0 Å². The maximum atomic E-state index is 13.3. The number of thioether (sulfide) groups is 1. The molecule has 4 nitrogen and oxygen atoms in total. The van der Waals surface area contributed by atoms with Crippen LogP contribution in [0.25, 0.3) is 0 Å². The van der Waals surface area contributed by atoms with E-state index in [0.717, 1.165) is 6.07 Å². The number of carboxylic acid groups (broad SMARTS) is 1. The second-order valence-electron chi connectivity index (χ2n) is 3.76. The minimum Gasteiger partial charge on any atom is -0.480 e. The molecule has 2 rings (SSSR count). The SMILES string of the molecule is O=C(O)[C@@H]1CSCN1C(=O)c1ccc(Br)c(F)c1. The highest BCUT2D eigenvalue weighted by atomic mass is 79.9. The topological polar surface area (TPSA) is 57.6 Å². The van der Waals surface area contributed by atoms with Gasteiger partial charge in [-0.05, 0) is 34.1 Å². The van der Waals surface area contributed by atoms with Gasteiger partial charge in [0.15, 0.2) is 0 Å². The molecule has 1 aromatic carbocycles. The molecule has 0 bridgehead atoms. The summed E-state index contributed by atoms with van der Waals surface area (Å²) in [4.78, 5) is 24.3. The fourth-order valence-electron chi connectivity index (χ4n) is 1.64. The van der Waals surface area contributed by atoms with Crippen molar-refractivity contribution in [3.63, 3.8) is 0 Å². The number of carboxylic acids is 1. The number of halogens is 2. The molecule has 0 aliphatic carbocycles. The smallest absolute Gasteiger partial charge is 0.327 e. The fraction of sp³-hybridized carbons (Fsp3) is 0.273. The summed E-state index contributed by atoms with van der Waals surface area (Å²) in [6, 6.07) is 3.17. The predicted octanol–water partition coefficient (Wildman–Crippen LogP) is 2.19. The van der Waals surface area contributed by atoms with Gasteiger partial charge in [-0.25, -0.2) is 9.18 Å². The van der Waals surface area contributed by atoms with E-state index in [9.17, 15) is 14.0 Å². The number of hydrogen-bond acceptors (Lipinski definition) is 3. The van der Waals surface area contributed by atoms with Crippen LogP contribution in [0.2, 0.25) is 0 Å². The summed E-state index contributed by atoms with van der Waals surface area (Å²) in [5.74, 6) is -1.36. The van der Waals surface area contributed by atoms with Crippen molar-refractivity contribution < 1.29 is 19.1 Å². The molecule has 0 spiro atoms. The maximum absolute atomic E-state index is 13.3. The lowest BCUT2D eigenvalue weighted by Crippen LogP contribution is -2.41. The third-order valence-corrected chi connectivity index (χ3v) is 4.25. The standard InChI is InChI=1S/C11H9BrFNO3S/c12-7-2-1-6(3-8(7)13)10(15)14-5-18-4-9(14)11(16)17/h1-3,9H,4-5H2,(H,16,17)/t9-/m0/s1. The molecule has 1 aromatic rings. The minimum absolute atomic E-state index is 0.157. The number of carbonyl (C=O) groups is 2. The number of carbonyl (C=O) groups excluding carboxylic acids is 1. The van der Waals surface area contributed by atoms with Gasteiger partial charge in [-0.2, -0.15) is 0 Å². The molecule has 1 atom stereocenters. The molecule has 0 aromatic heterocycles. The Morgan fingerprint density at radius 2 is 2.22 bits per heavy atom. The van der Waals surface area contributed by atoms with E-state index < -0.39 is 23.7 Å². The van der Waals surface area contributed by atoms with Gasteiger partial charge in [-0.1, -0.05) is 0 Å². The van der Waals surface area contributed by atoms with Crippen LogP contribution in [0.15, 0.2) is 22.7 Å². The second kappa shape index (κ2) is 5.27. The summed E-state index contributed by atoms with van der Waals surface area (Å²) in [5.41, 5.74) is 0.157. The van der Waals surface area contributed by atoms with Gasteiger partial charge in [0.1, 0.15) is 11.9 Å². The molecule has 18 heavy (non-hydrogen) atoms. The molecule has 1 fully saturated rings. The minimum atomic E-state index is -1.04. The number of rotatable bonds is 2. The molecule has 1 aliphatic rings. The Hall–Kier alpha value is -1.08. The first-order valence-electron chi connectivity index (χ1n) is 5.07. The first-order chi connectivity index (χ1) is 8.50. The molecule has 1 aliphatic heterocycles. The quantitative estimate of drug-likeness (QED) is 0.901. The lowest BCUT2D eigenvalue weighted by molar-refractivity contribution is -0.140.